The third-order valence-corrected chi connectivity index (χ3v) is 4.10. The highest BCUT2D eigenvalue weighted by Gasteiger charge is 2.28. The van der Waals surface area contributed by atoms with E-state index in [0.29, 0.717) is 35.9 Å². The zero-order chi connectivity index (χ0) is 15.7. The molecule has 0 saturated carbocycles. The second-order valence-corrected chi connectivity index (χ2v) is 5.69. The van der Waals surface area contributed by atoms with Crippen LogP contribution in [0, 0.1) is 5.92 Å². The summed E-state index contributed by atoms with van der Waals surface area (Å²) in [5.74, 6) is 0.0762. The summed E-state index contributed by atoms with van der Waals surface area (Å²) < 4.78 is 10.5. The number of nitrogens with one attached hydrogen (secondary N) is 1. The third-order valence-electron chi connectivity index (χ3n) is 3.78. The van der Waals surface area contributed by atoms with E-state index in [9.17, 15) is 9.59 Å². The minimum atomic E-state index is -0.196. The number of hydrogen-bond acceptors (Lipinski definition) is 4. The molecular formula is C16H16ClNO4. The topological polar surface area (TPSA) is 64.6 Å². The molecular weight excluding hydrogens is 306 g/mol. The Bertz CT molecular complexity index is 668. The number of rotatable bonds is 3. The molecule has 1 heterocycles. The Balaban J connectivity index is 1.81. The van der Waals surface area contributed by atoms with E-state index in [-0.39, 0.29) is 24.4 Å². The van der Waals surface area contributed by atoms with Crippen molar-refractivity contribution in [2.24, 2.45) is 5.92 Å². The van der Waals surface area contributed by atoms with Gasteiger partial charge in [-0.15, -0.1) is 0 Å². The summed E-state index contributed by atoms with van der Waals surface area (Å²) in [6, 6.07) is 3.50. The maximum absolute atomic E-state index is 11.8. The van der Waals surface area contributed by atoms with E-state index >= 15 is 0 Å². The highest BCUT2D eigenvalue weighted by Crippen LogP contribution is 2.41. The third kappa shape index (κ3) is 2.81. The minimum Gasteiger partial charge on any atom is -0.482 e. The van der Waals surface area contributed by atoms with Gasteiger partial charge in [0.25, 0.3) is 5.91 Å². The Kier molecular flexibility index (Phi) is 4.07. The second-order valence-electron chi connectivity index (χ2n) is 5.28. The van der Waals surface area contributed by atoms with Crippen LogP contribution in [0.15, 0.2) is 18.2 Å². The van der Waals surface area contributed by atoms with Crippen LogP contribution in [0.1, 0.15) is 25.3 Å². The highest BCUT2D eigenvalue weighted by molar-refractivity contribution is 6.33. The monoisotopic (exact) mass is 321 g/mol. The molecule has 0 bridgehead atoms. The van der Waals surface area contributed by atoms with Crippen molar-refractivity contribution >= 4 is 34.7 Å². The first-order chi connectivity index (χ1) is 10.6. The number of esters is 1. The summed E-state index contributed by atoms with van der Waals surface area (Å²) in [7, 11) is 0. The lowest BCUT2D eigenvalue weighted by Crippen LogP contribution is -2.25. The zero-order valence-corrected chi connectivity index (χ0v) is 12.9. The van der Waals surface area contributed by atoms with Crippen LogP contribution in [0.5, 0.6) is 5.75 Å². The summed E-state index contributed by atoms with van der Waals surface area (Å²) in [6.45, 7) is 2.18. The number of carbonyl (C=O) groups excluding carboxylic acids is 2. The summed E-state index contributed by atoms with van der Waals surface area (Å²) >= 11 is 6.31. The van der Waals surface area contributed by atoms with Crippen LogP contribution < -0.4 is 10.1 Å². The molecule has 0 radical (unpaired) electrons. The van der Waals surface area contributed by atoms with Crippen LogP contribution >= 0.6 is 11.6 Å². The Hall–Kier alpha value is -2.01. The van der Waals surface area contributed by atoms with E-state index in [0.717, 1.165) is 11.1 Å². The van der Waals surface area contributed by atoms with Crippen LogP contribution in [0.2, 0.25) is 5.02 Å². The lowest BCUT2D eigenvalue weighted by molar-refractivity contribution is -0.147. The summed E-state index contributed by atoms with van der Waals surface area (Å²) in [4.78, 5) is 23.1. The number of carbonyl (C=O) groups is 2. The average Bonchev–Trinajstić information content (AvgIpc) is 2.96. The fraction of sp³-hybridized carbons (Fsp3) is 0.375. The van der Waals surface area contributed by atoms with Crippen molar-refractivity contribution in [2.45, 2.75) is 19.8 Å². The van der Waals surface area contributed by atoms with E-state index in [2.05, 4.69) is 5.32 Å². The molecule has 1 aliphatic heterocycles. The number of anilines is 1. The fourth-order valence-corrected chi connectivity index (χ4v) is 3.01. The van der Waals surface area contributed by atoms with Gasteiger partial charge in [0.2, 0.25) is 0 Å². The normalized spacial score (nSPS) is 19.8. The van der Waals surface area contributed by atoms with Crippen molar-refractivity contribution in [2.75, 3.05) is 18.5 Å². The maximum atomic E-state index is 11.8. The van der Waals surface area contributed by atoms with Crippen molar-refractivity contribution in [3.63, 3.8) is 0 Å². The fourth-order valence-electron chi connectivity index (χ4n) is 2.72. The van der Waals surface area contributed by atoms with E-state index in [4.69, 9.17) is 21.1 Å². The summed E-state index contributed by atoms with van der Waals surface area (Å²) in [6.07, 6.45) is 3.26. The molecule has 116 valence electrons. The molecule has 0 spiro atoms. The van der Waals surface area contributed by atoms with Crippen LogP contribution in [0.3, 0.4) is 0 Å². The Morgan fingerprint density at radius 2 is 2.32 bits per heavy atom. The van der Waals surface area contributed by atoms with Gasteiger partial charge in [0.1, 0.15) is 5.75 Å². The lowest BCUT2D eigenvalue weighted by atomic mass is 10.00. The van der Waals surface area contributed by atoms with Gasteiger partial charge in [-0.3, -0.25) is 9.59 Å². The molecule has 1 amide bonds. The van der Waals surface area contributed by atoms with Crippen molar-refractivity contribution < 1.29 is 19.1 Å². The number of benzene rings is 1. The number of allylic oxidation sites excluding steroid dienone is 2. The number of amides is 1. The predicted molar refractivity (Wildman–Crippen MR) is 82.9 cm³/mol. The maximum Gasteiger partial charge on any atom is 0.309 e. The van der Waals surface area contributed by atoms with Gasteiger partial charge >= 0.3 is 5.97 Å². The first kappa shape index (κ1) is 14.9. The second kappa shape index (κ2) is 6.01. The molecule has 1 unspecified atom stereocenters. The van der Waals surface area contributed by atoms with Crippen molar-refractivity contribution in [3.8, 4) is 5.75 Å². The first-order valence-corrected chi connectivity index (χ1v) is 7.58. The van der Waals surface area contributed by atoms with Gasteiger partial charge in [0.05, 0.1) is 23.2 Å². The van der Waals surface area contributed by atoms with Gasteiger partial charge in [-0.1, -0.05) is 17.7 Å². The largest absolute Gasteiger partial charge is 0.482 e. The molecule has 3 rings (SSSR count). The lowest BCUT2D eigenvalue weighted by Gasteiger charge is -2.20. The van der Waals surface area contributed by atoms with Gasteiger partial charge < -0.3 is 14.8 Å². The molecule has 2 aliphatic rings. The number of hydrogen-bond donors (Lipinski definition) is 1. The number of fused-ring (bicyclic) bond motifs is 1. The van der Waals surface area contributed by atoms with Gasteiger partial charge in [0.15, 0.2) is 6.61 Å². The molecule has 6 heteroatoms. The quantitative estimate of drug-likeness (QED) is 0.869. The van der Waals surface area contributed by atoms with Gasteiger partial charge in [-0.25, -0.2) is 0 Å². The molecule has 0 saturated heterocycles. The zero-order valence-electron chi connectivity index (χ0n) is 12.1. The molecule has 1 aromatic carbocycles. The molecule has 5 nitrogen and oxygen atoms in total. The minimum absolute atomic E-state index is 0.00142. The predicted octanol–water partition coefficient (Wildman–Crippen LogP) is 3.03. The molecule has 1 aromatic rings. The molecule has 1 N–H and O–H groups in total. The van der Waals surface area contributed by atoms with Gasteiger partial charge in [-0.05, 0) is 43.0 Å². The average molecular weight is 322 g/mol. The van der Waals surface area contributed by atoms with Crippen molar-refractivity contribution in [3.05, 3.63) is 28.8 Å². The van der Waals surface area contributed by atoms with E-state index in [1.807, 2.05) is 12.1 Å². The van der Waals surface area contributed by atoms with Crippen LogP contribution in [0.4, 0.5) is 5.69 Å². The standard InChI is InChI=1S/C16H16ClNO4/c1-2-21-16(20)10-4-3-9(5-10)11-6-14-13(7-12(11)17)18-15(19)8-22-14/h3,6-7,10H,2,4-5,8H2,1H3,(H,18,19). The smallest absolute Gasteiger partial charge is 0.309 e. The van der Waals surface area contributed by atoms with E-state index in [1.54, 1.807) is 13.0 Å². The molecule has 0 aromatic heterocycles. The van der Waals surface area contributed by atoms with Crippen molar-refractivity contribution in [1.82, 2.24) is 0 Å². The Morgan fingerprint density at radius 3 is 3.09 bits per heavy atom. The summed E-state index contributed by atoms with van der Waals surface area (Å²) in [5, 5.41) is 3.25. The van der Waals surface area contributed by atoms with Crippen LogP contribution in [0.25, 0.3) is 5.57 Å². The van der Waals surface area contributed by atoms with Crippen LogP contribution in [-0.4, -0.2) is 25.1 Å². The Labute approximate surface area is 133 Å². The van der Waals surface area contributed by atoms with E-state index < -0.39 is 0 Å². The van der Waals surface area contributed by atoms with Gasteiger partial charge in [0, 0.05) is 0 Å². The molecule has 1 atom stereocenters. The van der Waals surface area contributed by atoms with E-state index in [1.165, 1.54) is 0 Å². The van der Waals surface area contributed by atoms with Crippen LogP contribution in [-0.2, 0) is 14.3 Å². The molecule has 0 fully saturated rings. The SMILES string of the molecule is CCOC(=O)C1CC=C(c2cc3c(cc2Cl)NC(=O)CO3)C1. The summed E-state index contributed by atoms with van der Waals surface area (Å²) in [5.41, 5.74) is 2.42. The van der Waals surface area contributed by atoms with Crippen molar-refractivity contribution in [1.29, 1.82) is 0 Å². The number of halogens is 1. The molecule has 1 aliphatic carbocycles. The highest BCUT2D eigenvalue weighted by atomic mass is 35.5. The number of ether oxygens (including phenoxy) is 2. The van der Waals surface area contributed by atoms with Gasteiger partial charge in [-0.2, -0.15) is 0 Å². The molecule has 22 heavy (non-hydrogen) atoms. The first-order valence-electron chi connectivity index (χ1n) is 7.20. The Morgan fingerprint density at radius 1 is 1.50 bits per heavy atom.